The number of para-hydroxylation sites is 1. The monoisotopic (exact) mass is 430 g/mol. The van der Waals surface area contributed by atoms with E-state index in [4.69, 9.17) is 9.47 Å². The average molecular weight is 431 g/mol. The summed E-state index contributed by atoms with van der Waals surface area (Å²) in [5.41, 5.74) is 3.86. The predicted octanol–water partition coefficient (Wildman–Crippen LogP) is 4.40. The Morgan fingerprint density at radius 1 is 1.28 bits per heavy atom. The van der Waals surface area contributed by atoms with Gasteiger partial charge in [-0.1, -0.05) is 24.3 Å². The standard InChI is InChI=1S/C25H26N4O3/c1-2-6-24(30)28-21-13-19-20(14-23(21)32-18-10-12-31-15-18)26-16-27-25(19)29-11-5-8-17-7-3-4-9-22(17)29/h2-4,6-7,9,13-14,16,18H,5,8,10-12,15H2,1H3,(H,28,30)/b6-2+/t18-/m1/s1. The van der Waals surface area contributed by atoms with Crippen LogP contribution in [0, 0.1) is 0 Å². The number of rotatable bonds is 5. The summed E-state index contributed by atoms with van der Waals surface area (Å²) in [6.45, 7) is 3.91. The fourth-order valence-corrected chi connectivity index (χ4v) is 4.35. The van der Waals surface area contributed by atoms with Crippen molar-refractivity contribution in [1.29, 1.82) is 0 Å². The van der Waals surface area contributed by atoms with Crippen molar-refractivity contribution < 1.29 is 14.3 Å². The molecule has 3 aromatic rings. The van der Waals surface area contributed by atoms with Crippen LogP contribution in [0.2, 0.25) is 0 Å². The van der Waals surface area contributed by atoms with Gasteiger partial charge in [0, 0.05) is 30.1 Å². The lowest BCUT2D eigenvalue weighted by atomic mass is 10.0. The molecule has 7 heteroatoms. The number of nitrogens with zero attached hydrogens (tertiary/aromatic N) is 3. The van der Waals surface area contributed by atoms with Crippen molar-refractivity contribution in [3.8, 4) is 5.75 Å². The van der Waals surface area contributed by atoms with Gasteiger partial charge < -0.3 is 19.7 Å². The Morgan fingerprint density at radius 2 is 2.19 bits per heavy atom. The summed E-state index contributed by atoms with van der Waals surface area (Å²) in [5.74, 6) is 1.22. The quantitative estimate of drug-likeness (QED) is 0.605. The summed E-state index contributed by atoms with van der Waals surface area (Å²) in [6, 6.07) is 12.2. The minimum Gasteiger partial charge on any atom is -0.486 e. The summed E-state index contributed by atoms with van der Waals surface area (Å²) in [6.07, 6.45) is 7.68. The molecule has 0 unspecified atom stereocenters. The van der Waals surface area contributed by atoms with E-state index < -0.39 is 0 Å². The minimum absolute atomic E-state index is 0.0416. The number of carbonyl (C=O) groups excluding carboxylic acids is 1. The van der Waals surface area contributed by atoms with Gasteiger partial charge in [0.1, 0.15) is 24.0 Å². The molecule has 1 aromatic heterocycles. The SMILES string of the molecule is C/C=C/C(=O)Nc1cc2c(N3CCCc4ccccc43)ncnc2cc1O[C@@H]1CCOC1. The van der Waals surface area contributed by atoms with Crippen molar-refractivity contribution in [2.75, 3.05) is 30.0 Å². The maximum absolute atomic E-state index is 12.4. The molecular formula is C25H26N4O3. The van der Waals surface area contributed by atoms with E-state index in [0.717, 1.165) is 42.5 Å². The highest BCUT2D eigenvalue weighted by atomic mass is 16.5. The van der Waals surface area contributed by atoms with Crippen LogP contribution < -0.4 is 15.0 Å². The Labute approximate surface area is 187 Å². The number of anilines is 3. The third kappa shape index (κ3) is 4.03. The summed E-state index contributed by atoms with van der Waals surface area (Å²) >= 11 is 0. The fraction of sp³-hybridized carbons (Fsp3) is 0.320. The van der Waals surface area contributed by atoms with Crippen LogP contribution in [0.4, 0.5) is 17.2 Å². The zero-order valence-corrected chi connectivity index (χ0v) is 18.1. The lowest BCUT2D eigenvalue weighted by Crippen LogP contribution is -2.25. The number of nitrogens with one attached hydrogen (secondary N) is 1. The second kappa shape index (κ2) is 8.96. The number of aromatic nitrogens is 2. The number of fused-ring (bicyclic) bond motifs is 2. The maximum Gasteiger partial charge on any atom is 0.248 e. The molecule has 2 aliphatic heterocycles. The molecule has 0 saturated carbocycles. The first kappa shape index (κ1) is 20.5. The van der Waals surface area contributed by atoms with E-state index in [0.29, 0.717) is 24.7 Å². The lowest BCUT2D eigenvalue weighted by molar-refractivity contribution is -0.111. The van der Waals surface area contributed by atoms with Crippen molar-refractivity contribution in [2.45, 2.75) is 32.3 Å². The molecule has 0 spiro atoms. The van der Waals surface area contributed by atoms with E-state index in [1.54, 1.807) is 12.4 Å². The van der Waals surface area contributed by atoms with E-state index in [1.165, 1.54) is 17.3 Å². The van der Waals surface area contributed by atoms with Crippen LogP contribution in [0.1, 0.15) is 25.3 Å². The molecule has 5 rings (SSSR count). The van der Waals surface area contributed by atoms with Crippen LogP contribution in [-0.2, 0) is 16.0 Å². The largest absolute Gasteiger partial charge is 0.486 e. The summed E-state index contributed by atoms with van der Waals surface area (Å²) < 4.78 is 11.6. The first-order chi connectivity index (χ1) is 15.7. The van der Waals surface area contributed by atoms with Gasteiger partial charge >= 0.3 is 0 Å². The molecule has 0 bridgehead atoms. The molecule has 3 heterocycles. The van der Waals surface area contributed by atoms with Gasteiger partial charge in [0.05, 0.1) is 24.4 Å². The van der Waals surface area contributed by atoms with Crippen LogP contribution in [0.3, 0.4) is 0 Å². The Hall–Kier alpha value is -3.45. The van der Waals surface area contributed by atoms with Gasteiger partial charge in [-0.3, -0.25) is 4.79 Å². The van der Waals surface area contributed by atoms with Crippen LogP contribution in [0.15, 0.2) is 54.9 Å². The van der Waals surface area contributed by atoms with Gasteiger partial charge in [-0.05, 0) is 43.5 Å². The van der Waals surface area contributed by atoms with Crippen molar-refractivity contribution >= 4 is 34.0 Å². The smallest absolute Gasteiger partial charge is 0.248 e. The predicted molar refractivity (Wildman–Crippen MR) is 125 cm³/mol. The number of benzene rings is 2. The number of amides is 1. The van der Waals surface area contributed by atoms with Gasteiger partial charge in [-0.15, -0.1) is 0 Å². The lowest BCUT2D eigenvalue weighted by Gasteiger charge is -2.31. The number of aryl methyl sites for hydroxylation is 1. The molecule has 0 radical (unpaired) electrons. The number of hydrogen-bond acceptors (Lipinski definition) is 6. The molecule has 32 heavy (non-hydrogen) atoms. The van der Waals surface area contributed by atoms with Crippen LogP contribution in [0.25, 0.3) is 10.9 Å². The molecule has 1 atom stereocenters. The molecule has 2 aromatic carbocycles. The third-order valence-corrected chi connectivity index (χ3v) is 5.84. The Kier molecular flexibility index (Phi) is 5.73. The first-order valence-corrected chi connectivity index (χ1v) is 11.0. The summed E-state index contributed by atoms with van der Waals surface area (Å²) in [7, 11) is 0. The summed E-state index contributed by atoms with van der Waals surface area (Å²) in [5, 5.41) is 3.83. The third-order valence-electron chi connectivity index (χ3n) is 5.84. The maximum atomic E-state index is 12.4. The van der Waals surface area contributed by atoms with Crippen molar-refractivity contribution in [2.24, 2.45) is 0 Å². The average Bonchev–Trinajstić information content (AvgIpc) is 3.32. The van der Waals surface area contributed by atoms with E-state index >= 15 is 0 Å². The Bertz CT molecular complexity index is 1170. The zero-order valence-electron chi connectivity index (χ0n) is 18.1. The molecule has 1 amide bonds. The zero-order chi connectivity index (χ0) is 21.9. The van der Waals surface area contributed by atoms with Gasteiger partial charge in [0.2, 0.25) is 5.91 Å². The van der Waals surface area contributed by atoms with Crippen molar-refractivity contribution in [3.05, 3.63) is 60.4 Å². The highest BCUT2D eigenvalue weighted by molar-refractivity contribution is 6.03. The number of hydrogen-bond donors (Lipinski definition) is 1. The Balaban J connectivity index is 1.60. The Morgan fingerprint density at radius 3 is 3.03 bits per heavy atom. The van der Waals surface area contributed by atoms with E-state index in [-0.39, 0.29) is 12.0 Å². The second-order valence-corrected chi connectivity index (χ2v) is 8.04. The van der Waals surface area contributed by atoms with E-state index in [9.17, 15) is 4.79 Å². The molecule has 1 saturated heterocycles. The number of allylic oxidation sites excluding steroid dienone is 1. The van der Waals surface area contributed by atoms with Gasteiger partial charge in [-0.25, -0.2) is 9.97 Å². The van der Waals surface area contributed by atoms with Crippen LogP contribution >= 0.6 is 0 Å². The highest BCUT2D eigenvalue weighted by Crippen LogP contribution is 2.39. The number of carbonyl (C=O) groups is 1. The number of ether oxygens (including phenoxy) is 2. The molecule has 0 aliphatic carbocycles. The molecule has 7 nitrogen and oxygen atoms in total. The molecule has 2 aliphatic rings. The first-order valence-electron chi connectivity index (χ1n) is 11.0. The van der Waals surface area contributed by atoms with Crippen molar-refractivity contribution in [1.82, 2.24) is 9.97 Å². The van der Waals surface area contributed by atoms with Gasteiger partial charge in [0.15, 0.2) is 0 Å². The molecule has 164 valence electrons. The molecule has 1 fully saturated rings. The van der Waals surface area contributed by atoms with Gasteiger partial charge in [-0.2, -0.15) is 0 Å². The molecular weight excluding hydrogens is 404 g/mol. The van der Waals surface area contributed by atoms with E-state index in [2.05, 4.69) is 44.5 Å². The minimum atomic E-state index is -0.207. The van der Waals surface area contributed by atoms with E-state index in [1.807, 2.05) is 19.1 Å². The second-order valence-electron chi connectivity index (χ2n) is 8.04. The topological polar surface area (TPSA) is 76.6 Å². The van der Waals surface area contributed by atoms with Gasteiger partial charge in [0.25, 0.3) is 0 Å². The fourth-order valence-electron chi connectivity index (χ4n) is 4.35. The summed E-state index contributed by atoms with van der Waals surface area (Å²) in [4.78, 5) is 23.8. The molecule has 1 N–H and O–H groups in total. The normalized spacial score (nSPS) is 18.2. The van der Waals surface area contributed by atoms with Crippen molar-refractivity contribution in [3.63, 3.8) is 0 Å². The highest BCUT2D eigenvalue weighted by Gasteiger charge is 2.24. The van der Waals surface area contributed by atoms with Crippen LogP contribution in [0.5, 0.6) is 5.75 Å². The van der Waals surface area contributed by atoms with Crippen LogP contribution in [-0.4, -0.2) is 41.7 Å².